The van der Waals surface area contributed by atoms with Crippen molar-refractivity contribution in [3.8, 4) is 0 Å². The molecule has 0 spiro atoms. The average Bonchev–Trinajstić information content (AvgIpc) is 2.47. The molecule has 2 saturated heterocycles. The first-order chi connectivity index (χ1) is 9.09. The van der Waals surface area contributed by atoms with Crippen LogP contribution >= 0.6 is 0 Å². The van der Waals surface area contributed by atoms with E-state index in [4.69, 9.17) is 10.5 Å². The van der Waals surface area contributed by atoms with Gasteiger partial charge in [-0.3, -0.25) is 4.90 Å². The number of nitrogens with zero attached hydrogens (tertiary/aromatic N) is 1. The molecule has 2 N–H and O–H groups in total. The topological polar surface area (TPSA) is 38.5 Å². The first-order valence-corrected chi connectivity index (χ1v) is 8.20. The zero-order valence-electron chi connectivity index (χ0n) is 13.1. The van der Waals surface area contributed by atoms with Crippen molar-refractivity contribution in [2.24, 2.45) is 5.73 Å². The maximum Gasteiger partial charge on any atom is 0.0670 e. The zero-order valence-corrected chi connectivity index (χ0v) is 13.1. The average molecular weight is 268 g/mol. The molecule has 3 nitrogen and oxygen atoms in total. The van der Waals surface area contributed by atoms with E-state index in [9.17, 15) is 0 Å². The van der Waals surface area contributed by atoms with Gasteiger partial charge in [0.15, 0.2) is 0 Å². The minimum atomic E-state index is 0.0212. The van der Waals surface area contributed by atoms with Crippen LogP contribution in [-0.4, -0.2) is 41.8 Å². The van der Waals surface area contributed by atoms with Gasteiger partial charge >= 0.3 is 0 Å². The van der Waals surface area contributed by atoms with Crippen molar-refractivity contribution in [2.75, 3.05) is 19.7 Å². The third kappa shape index (κ3) is 2.98. The van der Waals surface area contributed by atoms with E-state index >= 15 is 0 Å². The minimum absolute atomic E-state index is 0.0212. The van der Waals surface area contributed by atoms with Gasteiger partial charge in [-0.25, -0.2) is 0 Å². The minimum Gasteiger partial charge on any atom is -0.375 e. The van der Waals surface area contributed by atoms with Gasteiger partial charge < -0.3 is 10.5 Å². The highest BCUT2D eigenvalue weighted by atomic mass is 16.5. The third-order valence-electron chi connectivity index (χ3n) is 5.56. The maximum atomic E-state index is 6.26. The molecule has 0 amide bonds. The summed E-state index contributed by atoms with van der Waals surface area (Å²) >= 11 is 0. The lowest BCUT2D eigenvalue weighted by molar-refractivity contribution is -0.141. The largest absolute Gasteiger partial charge is 0.375 e. The SMILES string of the molecule is CCC1CCCCN1C1(CN)CCOC(C)(CC)C1. The van der Waals surface area contributed by atoms with Crippen molar-refractivity contribution in [2.45, 2.75) is 82.9 Å². The summed E-state index contributed by atoms with van der Waals surface area (Å²) in [5.74, 6) is 0. The van der Waals surface area contributed by atoms with Crippen LogP contribution in [0.4, 0.5) is 0 Å². The summed E-state index contributed by atoms with van der Waals surface area (Å²) in [6, 6.07) is 0.733. The second kappa shape index (κ2) is 6.11. The molecule has 0 aromatic rings. The highest BCUT2D eigenvalue weighted by molar-refractivity contribution is 5.02. The van der Waals surface area contributed by atoms with Crippen LogP contribution in [0.25, 0.3) is 0 Å². The smallest absolute Gasteiger partial charge is 0.0670 e. The molecule has 0 aliphatic carbocycles. The molecular formula is C16H32N2O. The Morgan fingerprint density at radius 2 is 2.11 bits per heavy atom. The highest BCUT2D eigenvalue weighted by Gasteiger charge is 2.47. The van der Waals surface area contributed by atoms with E-state index < -0.39 is 0 Å². The second-order valence-corrected chi connectivity index (χ2v) is 6.76. The maximum absolute atomic E-state index is 6.26. The summed E-state index contributed by atoms with van der Waals surface area (Å²) < 4.78 is 6.05. The lowest BCUT2D eigenvalue weighted by Gasteiger charge is -2.55. The van der Waals surface area contributed by atoms with Gasteiger partial charge in [-0.1, -0.05) is 20.3 Å². The van der Waals surface area contributed by atoms with Crippen LogP contribution in [0.2, 0.25) is 0 Å². The van der Waals surface area contributed by atoms with Gasteiger partial charge in [-0.2, -0.15) is 0 Å². The lowest BCUT2D eigenvalue weighted by atomic mass is 9.76. The van der Waals surface area contributed by atoms with Gasteiger partial charge in [0.2, 0.25) is 0 Å². The standard InChI is InChI=1S/C16H32N2O/c1-4-14-8-6-7-10-18(14)16(13-17)9-11-19-15(3,5-2)12-16/h14H,4-13,17H2,1-3H3. The summed E-state index contributed by atoms with van der Waals surface area (Å²) in [5, 5.41) is 0. The molecule has 2 aliphatic heterocycles. The number of likely N-dealkylation sites (tertiary alicyclic amines) is 1. The summed E-state index contributed by atoms with van der Waals surface area (Å²) in [6.07, 6.45) is 8.62. The van der Waals surface area contributed by atoms with Gasteiger partial charge in [-0.15, -0.1) is 0 Å². The van der Waals surface area contributed by atoms with Gasteiger partial charge in [0, 0.05) is 24.7 Å². The van der Waals surface area contributed by atoms with Crippen molar-refractivity contribution in [1.29, 1.82) is 0 Å². The van der Waals surface area contributed by atoms with Gasteiger partial charge in [0.25, 0.3) is 0 Å². The molecule has 0 radical (unpaired) electrons. The van der Waals surface area contributed by atoms with Crippen molar-refractivity contribution in [3.05, 3.63) is 0 Å². The van der Waals surface area contributed by atoms with E-state index in [1.54, 1.807) is 0 Å². The zero-order chi connectivity index (χ0) is 13.9. The van der Waals surface area contributed by atoms with Crippen molar-refractivity contribution >= 4 is 0 Å². The first-order valence-electron chi connectivity index (χ1n) is 8.20. The third-order valence-corrected chi connectivity index (χ3v) is 5.56. The van der Waals surface area contributed by atoms with Crippen LogP contribution in [0.1, 0.15) is 65.7 Å². The predicted molar refractivity (Wildman–Crippen MR) is 80.3 cm³/mol. The molecule has 3 heteroatoms. The van der Waals surface area contributed by atoms with E-state index in [0.29, 0.717) is 0 Å². The summed E-state index contributed by atoms with van der Waals surface area (Å²) in [7, 11) is 0. The van der Waals surface area contributed by atoms with Crippen molar-refractivity contribution in [1.82, 2.24) is 4.90 Å². The second-order valence-electron chi connectivity index (χ2n) is 6.76. The van der Waals surface area contributed by atoms with E-state index in [1.807, 2.05) is 0 Å². The Balaban J connectivity index is 2.20. The Morgan fingerprint density at radius 3 is 2.74 bits per heavy atom. The van der Waals surface area contributed by atoms with Crippen LogP contribution in [0.15, 0.2) is 0 Å². The number of nitrogens with two attached hydrogens (primary N) is 1. The van der Waals surface area contributed by atoms with E-state index in [2.05, 4.69) is 25.7 Å². The van der Waals surface area contributed by atoms with Gasteiger partial charge in [-0.05, 0) is 52.0 Å². The monoisotopic (exact) mass is 268 g/mol. The fourth-order valence-electron chi connectivity index (χ4n) is 4.14. The quantitative estimate of drug-likeness (QED) is 0.852. The predicted octanol–water partition coefficient (Wildman–Crippen LogP) is 2.93. The van der Waals surface area contributed by atoms with Crippen LogP contribution in [0.5, 0.6) is 0 Å². The molecule has 0 bridgehead atoms. The van der Waals surface area contributed by atoms with Crippen molar-refractivity contribution in [3.63, 3.8) is 0 Å². The van der Waals surface area contributed by atoms with E-state index in [-0.39, 0.29) is 11.1 Å². The van der Waals surface area contributed by atoms with Crippen LogP contribution < -0.4 is 5.73 Å². The Hall–Kier alpha value is -0.120. The lowest BCUT2D eigenvalue weighted by Crippen LogP contribution is -2.64. The molecule has 112 valence electrons. The van der Waals surface area contributed by atoms with Crippen molar-refractivity contribution < 1.29 is 4.74 Å². The van der Waals surface area contributed by atoms with Crippen LogP contribution in [0, 0.1) is 0 Å². The molecule has 2 heterocycles. The number of hydrogen-bond donors (Lipinski definition) is 1. The molecule has 3 atom stereocenters. The Morgan fingerprint density at radius 1 is 1.32 bits per heavy atom. The molecule has 2 rings (SSSR count). The highest BCUT2D eigenvalue weighted by Crippen LogP contribution is 2.41. The number of ether oxygens (including phenoxy) is 1. The number of hydrogen-bond acceptors (Lipinski definition) is 3. The van der Waals surface area contributed by atoms with E-state index in [1.165, 1.54) is 32.2 Å². The number of rotatable bonds is 4. The summed E-state index contributed by atoms with van der Waals surface area (Å²) in [5.41, 5.74) is 6.47. The van der Waals surface area contributed by atoms with Crippen LogP contribution in [-0.2, 0) is 4.74 Å². The molecule has 0 aromatic carbocycles. The fraction of sp³-hybridized carbons (Fsp3) is 1.00. The molecule has 0 aromatic heterocycles. The van der Waals surface area contributed by atoms with E-state index in [0.717, 1.165) is 38.5 Å². The molecular weight excluding hydrogens is 236 g/mol. The number of piperidine rings is 1. The summed E-state index contributed by atoms with van der Waals surface area (Å²) in [6.45, 7) is 9.71. The van der Waals surface area contributed by atoms with Gasteiger partial charge in [0.1, 0.15) is 0 Å². The molecule has 19 heavy (non-hydrogen) atoms. The van der Waals surface area contributed by atoms with Gasteiger partial charge in [0.05, 0.1) is 5.60 Å². The molecule has 0 saturated carbocycles. The molecule has 2 fully saturated rings. The molecule has 3 unspecified atom stereocenters. The summed E-state index contributed by atoms with van der Waals surface area (Å²) in [4.78, 5) is 2.76. The molecule has 2 aliphatic rings. The fourth-order valence-corrected chi connectivity index (χ4v) is 4.14. The normalized spacial score (nSPS) is 41.4. The Labute approximate surface area is 118 Å². The van der Waals surface area contributed by atoms with Crippen LogP contribution in [0.3, 0.4) is 0 Å². The Bertz CT molecular complexity index is 296. The first kappa shape index (κ1) is 15.3. The Kier molecular flexibility index (Phi) is 4.91.